The molecule has 1 aliphatic carbocycles. The van der Waals surface area contributed by atoms with Gasteiger partial charge < -0.3 is 29.9 Å². The molecule has 1 saturated carbocycles. The maximum Gasteiger partial charge on any atom is 0.326 e. The van der Waals surface area contributed by atoms with E-state index in [9.17, 15) is 9.59 Å². The number of benzene rings is 4. The van der Waals surface area contributed by atoms with Crippen molar-refractivity contribution in [1.29, 1.82) is 0 Å². The zero-order chi connectivity index (χ0) is 37.0. The molecule has 0 heterocycles. The number of ether oxygens (including phenoxy) is 2. The minimum absolute atomic E-state index is 0.209. The van der Waals surface area contributed by atoms with Crippen LogP contribution in [-0.2, 0) is 0 Å². The van der Waals surface area contributed by atoms with Crippen molar-refractivity contribution < 1.29 is 19.1 Å². The van der Waals surface area contributed by atoms with Gasteiger partial charge >= 0.3 is 12.1 Å². The first-order valence-corrected chi connectivity index (χ1v) is 18.3. The number of anilines is 6. The SMILES string of the molecule is CCOc1ccccc1N(C[C@@H]1CCC[C@H](CN(C(=O)Nc2ccc(N(C)C)cc2)c2ccccc2OCC)C1)C(=O)Nc1ccc(N(C)C)cc1. The summed E-state index contributed by atoms with van der Waals surface area (Å²) in [6.45, 7) is 5.91. The second kappa shape index (κ2) is 18.2. The number of nitrogens with zero attached hydrogens (tertiary/aromatic N) is 4. The second-order valence-corrected chi connectivity index (χ2v) is 13.7. The molecular formula is C42H54N6O4. The fraction of sp³-hybridized carbons (Fsp3) is 0.381. The van der Waals surface area contributed by atoms with Gasteiger partial charge in [-0.1, -0.05) is 30.7 Å². The molecule has 5 rings (SSSR count). The molecule has 0 aliphatic heterocycles. The smallest absolute Gasteiger partial charge is 0.326 e. The molecule has 2 N–H and O–H groups in total. The Balaban J connectivity index is 1.37. The molecule has 0 spiro atoms. The zero-order valence-corrected chi connectivity index (χ0v) is 31.5. The van der Waals surface area contributed by atoms with Crippen LogP contribution >= 0.6 is 0 Å². The first-order valence-electron chi connectivity index (χ1n) is 18.3. The van der Waals surface area contributed by atoms with E-state index in [-0.39, 0.29) is 23.9 Å². The van der Waals surface area contributed by atoms with Crippen molar-refractivity contribution in [3.63, 3.8) is 0 Å². The van der Waals surface area contributed by atoms with Gasteiger partial charge in [0, 0.05) is 64.0 Å². The first-order chi connectivity index (χ1) is 25.2. The highest BCUT2D eigenvalue weighted by atomic mass is 16.5. The van der Waals surface area contributed by atoms with E-state index < -0.39 is 0 Å². The van der Waals surface area contributed by atoms with E-state index in [2.05, 4.69) is 10.6 Å². The van der Waals surface area contributed by atoms with Crippen LogP contribution < -0.4 is 39.7 Å². The number of carbonyl (C=O) groups excluding carboxylic acids is 2. The van der Waals surface area contributed by atoms with Crippen LogP contribution in [0, 0.1) is 11.8 Å². The van der Waals surface area contributed by atoms with Crippen molar-refractivity contribution in [2.24, 2.45) is 11.8 Å². The second-order valence-electron chi connectivity index (χ2n) is 13.7. The van der Waals surface area contributed by atoms with E-state index in [1.165, 1.54) is 0 Å². The molecule has 276 valence electrons. The van der Waals surface area contributed by atoms with E-state index in [0.717, 1.165) is 59.8 Å². The lowest BCUT2D eigenvalue weighted by molar-refractivity contribution is 0.241. The molecule has 0 radical (unpaired) electrons. The van der Waals surface area contributed by atoms with Crippen LogP contribution in [0.5, 0.6) is 11.5 Å². The van der Waals surface area contributed by atoms with Crippen LogP contribution in [0.25, 0.3) is 0 Å². The first kappa shape index (κ1) is 37.9. The summed E-state index contributed by atoms with van der Waals surface area (Å²) in [6.07, 6.45) is 3.82. The predicted octanol–water partition coefficient (Wildman–Crippen LogP) is 9.20. The summed E-state index contributed by atoms with van der Waals surface area (Å²) in [6, 6.07) is 30.7. The minimum atomic E-state index is -0.209. The Hall–Kier alpha value is -5.38. The lowest BCUT2D eigenvalue weighted by Gasteiger charge is -2.36. The highest BCUT2D eigenvalue weighted by Crippen LogP contribution is 2.37. The minimum Gasteiger partial charge on any atom is -0.492 e. The largest absolute Gasteiger partial charge is 0.492 e. The Morgan fingerprint density at radius 3 is 1.35 bits per heavy atom. The van der Waals surface area contributed by atoms with E-state index in [4.69, 9.17) is 9.47 Å². The summed E-state index contributed by atoms with van der Waals surface area (Å²) >= 11 is 0. The van der Waals surface area contributed by atoms with Crippen molar-refractivity contribution in [2.75, 3.05) is 84.7 Å². The highest BCUT2D eigenvalue weighted by molar-refractivity contribution is 6.03. The molecule has 4 amide bonds. The third-order valence-electron chi connectivity index (χ3n) is 9.44. The number of hydrogen-bond acceptors (Lipinski definition) is 6. The Labute approximate surface area is 309 Å². The number of nitrogens with one attached hydrogen (secondary N) is 2. The third-order valence-corrected chi connectivity index (χ3v) is 9.44. The van der Waals surface area contributed by atoms with Gasteiger partial charge in [0.15, 0.2) is 0 Å². The normalized spacial score (nSPS) is 15.3. The number of hydrogen-bond donors (Lipinski definition) is 2. The molecule has 4 aromatic carbocycles. The van der Waals surface area contributed by atoms with Crippen LogP contribution in [-0.4, -0.2) is 66.6 Å². The van der Waals surface area contributed by atoms with Crippen molar-refractivity contribution in [2.45, 2.75) is 39.5 Å². The van der Waals surface area contributed by atoms with Crippen molar-refractivity contribution >= 4 is 46.2 Å². The monoisotopic (exact) mass is 706 g/mol. The van der Waals surface area contributed by atoms with Gasteiger partial charge in [-0.25, -0.2) is 9.59 Å². The molecule has 4 aromatic rings. The van der Waals surface area contributed by atoms with Gasteiger partial charge in [0.25, 0.3) is 0 Å². The number of amides is 4. The lowest BCUT2D eigenvalue weighted by Crippen LogP contribution is -2.43. The Morgan fingerprint density at radius 1 is 0.596 bits per heavy atom. The molecule has 52 heavy (non-hydrogen) atoms. The zero-order valence-electron chi connectivity index (χ0n) is 31.5. The highest BCUT2D eigenvalue weighted by Gasteiger charge is 2.31. The molecule has 0 bridgehead atoms. The average Bonchev–Trinajstić information content (AvgIpc) is 3.14. The van der Waals surface area contributed by atoms with Crippen molar-refractivity contribution in [1.82, 2.24) is 0 Å². The van der Waals surface area contributed by atoms with Crippen LogP contribution in [0.3, 0.4) is 0 Å². The van der Waals surface area contributed by atoms with Gasteiger partial charge in [0.1, 0.15) is 11.5 Å². The molecule has 0 saturated heterocycles. The Bertz CT molecular complexity index is 1620. The predicted molar refractivity (Wildman–Crippen MR) is 215 cm³/mol. The van der Waals surface area contributed by atoms with Crippen LogP contribution in [0.4, 0.5) is 43.7 Å². The summed E-state index contributed by atoms with van der Waals surface area (Å²) in [5.74, 6) is 1.76. The molecule has 2 atom stereocenters. The van der Waals surface area contributed by atoms with E-state index in [1.807, 2.05) is 159 Å². The van der Waals surface area contributed by atoms with Crippen molar-refractivity contribution in [3.8, 4) is 11.5 Å². The lowest BCUT2D eigenvalue weighted by atomic mass is 9.80. The summed E-state index contributed by atoms with van der Waals surface area (Å²) in [4.78, 5) is 35.9. The summed E-state index contributed by atoms with van der Waals surface area (Å²) in [5.41, 5.74) is 5.03. The molecular weight excluding hydrogens is 652 g/mol. The number of carbonyl (C=O) groups is 2. The third kappa shape index (κ3) is 9.90. The number of urea groups is 2. The van der Waals surface area contributed by atoms with E-state index in [0.29, 0.717) is 37.8 Å². The summed E-state index contributed by atoms with van der Waals surface area (Å²) in [7, 11) is 7.96. The molecule has 0 unspecified atom stereocenters. The van der Waals surface area contributed by atoms with E-state index in [1.54, 1.807) is 0 Å². The van der Waals surface area contributed by atoms with Crippen LogP contribution in [0.15, 0.2) is 97.1 Å². The molecule has 0 aromatic heterocycles. The topological polar surface area (TPSA) is 89.6 Å². The van der Waals surface area contributed by atoms with E-state index >= 15 is 0 Å². The van der Waals surface area contributed by atoms with Gasteiger partial charge in [0.2, 0.25) is 0 Å². The van der Waals surface area contributed by atoms with Gasteiger partial charge in [-0.2, -0.15) is 0 Å². The maximum atomic E-state index is 14.1. The summed E-state index contributed by atoms with van der Waals surface area (Å²) in [5, 5.41) is 6.26. The Morgan fingerprint density at radius 2 is 0.981 bits per heavy atom. The standard InChI is InChI=1S/C42H54N6O4/c1-7-51-39-18-11-9-16-37(39)47(41(49)43-33-20-24-35(25-21-33)45(3)4)29-31-14-13-15-32(28-31)30-48(38-17-10-12-19-40(38)52-8-2)42(50)44-34-22-26-36(27-23-34)46(5)6/h9-12,16-27,31-32H,7-8,13-15,28-30H2,1-6H3,(H,43,49)(H,44,50)/t31-,32+. The van der Waals surface area contributed by atoms with Gasteiger partial charge in [-0.3, -0.25) is 9.80 Å². The van der Waals surface area contributed by atoms with Crippen molar-refractivity contribution in [3.05, 3.63) is 97.1 Å². The van der Waals surface area contributed by atoms with Crippen LogP contribution in [0.1, 0.15) is 39.5 Å². The fourth-order valence-corrected chi connectivity index (χ4v) is 6.81. The maximum absolute atomic E-state index is 14.1. The number of rotatable bonds is 14. The van der Waals surface area contributed by atoms with Crippen LogP contribution in [0.2, 0.25) is 0 Å². The fourth-order valence-electron chi connectivity index (χ4n) is 6.81. The summed E-state index contributed by atoms with van der Waals surface area (Å²) < 4.78 is 12.0. The Kier molecular flexibility index (Phi) is 13.3. The quantitative estimate of drug-likeness (QED) is 0.136. The molecule has 10 heteroatoms. The average molecular weight is 707 g/mol. The molecule has 10 nitrogen and oxygen atoms in total. The van der Waals surface area contributed by atoms with Gasteiger partial charge in [-0.15, -0.1) is 0 Å². The van der Waals surface area contributed by atoms with Gasteiger partial charge in [0.05, 0.1) is 24.6 Å². The molecule has 1 fully saturated rings. The van der Waals surface area contributed by atoms with Gasteiger partial charge in [-0.05, 0) is 118 Å². The molecule has 1 aliphatic rings. The number of para-hydroxylation sites is 4.